The average molecular weight is 456 g/mol. The summed E-state index contributed by atoms with van der Waals surface area (Å²) in [6.07, 6.45) is 2.60. The maximum atomic E-state index is 13.0. The van der Waals surface area contributed by atoms with Gasteiger partial charge in [0.15, 0.2) is 0 Å². The maximum absolute atomic E-state index is 13.0. The molecular weight excluding hydrogens is 434 g/mol. The number of rotatable bonds is 3. The van der Waals surface area contributed by atoms with Gasteiger partial charge in [-0.1, -0.05) is 60.7 Å². The molecule has 6 nitrogen and oxygen atoms in total. The predicted octanol–water partition coefficient (Wildman–Crippen LogP) is 4.75. The number of hydrogen-bond donors (Lipinski definition) is 1. The highest BCUT2D eigenvalue weighted by atomic mass is 32.2. The zero-order valence-electron chi connectivity index (χ0n) is 17.9. The third-order valence-electron chi connectivity index (χ3n) is 6.00. The molecule has 1 fully saturated rings. The van der Waals surface area contributed by atoms with Crippen molar-refractivity contribution < 1.29 is 14.3 Å². The van der Waals surface area contributed by atoms with Crippen LogP contribution < -0.4 is 14.8 Å². The van der Waals surface area contributed by atoms with E-state index in [1.165, 1.54) is 11.8 Å². The number of benzene rings is 3. The number of ether oxygens (including phenoxy) is 2. The van der Waals surface area contributed by atoms with Crippen LogP contribution >= 0.6 is 11.8 Å². The van der Waals surface area contributed by atoms with Gasteiger partial charge in [0.1, 0.15) is 11.5 Å². The highest BCUT2D eigenvalue weighted by Crippen LogP contribution is 2.53. The lowest BCUT2D eigenvalue weighted by atomic mass is 9.97. The van der Waals surface area contributed by atoms with E-state index in [4.69, 9.17) is 14.6 Å². The molecule has 0 aromatic heterocycles. The summed E-state index contributed by atoms with van der Waals surface area (Å²) < 4.78 is 11.7. The molecule has 0 bridgehead atoms. The lowest BCUT2D eigenvalue weighted by Crippen LogP contribution is -2.58. The fourth-order valence-corrected chi connectivity index (χ4v) is 5.57. The third kappa shape index (κ3) is 3.36. The van der Waals surface area contributed by atoms with E-state index in [0.29, 0.717) is 4.91 Å². The normalized spacial score (nSPS) is 24.2. The van der Waals surface area contributed by atoms with Gasteiger partial charge in [0.05, 0.1) is 23.8 Å². The van der Waals surface area contributed by atoms with Crippen molar-refractivity contribution in [1.82, 2.24) is 10.3 Å². The molecule has 3 aliphatic rings. The molecule has 33 heavy (non-hydrogen) atoms. The summed E-state index contributed by atoms with van der Waals surface area (Å²) in [5.74, 6) is 1.35. The Balaban J connectivity index is 1.40. The van der Waals surface area contributed by atoms with Gasteiger partial charge in [-0.05, 0) is 47.2 Å². The Bertz CT molecular complexity index is 1290. The van der Waals surface area contributed by atoms with Crippen LogP contribution in [0.3, 0.4) is 0 Å². The topological polar surface area (TPSA) is 63.2 Å². The summed E-state index contributed by atoms with van der Waals surface area (Å²) in [7, 11) is 1.63. The second-order valence-corrected chi connectivity index (χ2v) is 9.23. The Morgan fingerprint density at radius 3 is 2.64 bits per heavy atom. The van der Waals surface area contributed by atoms with Crippen LogP contribution in [-0.2, 0) is 4.79 Å². The minimum Gasteiger partial charge on any atom is -0.497 e. The largest absolute Gasteiger partial charge is 0.497 e. The molecule has 0 unspecified atom stereocenters. The monoisotopic (exact) mass is 455 g/mol. The molecule has 3 heterocycles. The molecular formula is C26H21N3O3S. The molecule has 0 radical (unpaired) electrons. The Kier molecular flexibility index (Phi) is 4.66. The van der Waals surface area contributed by atoms with Crippen molar-refractivity contribution >= 4 is 29.5 Å². The van der Waals surface area contributed by atoms with E-state index < -0.39 is 5.18 Å². The summed E-state index contributed by atoms with van der Waals surface area (Å²) >= 11 is 1.35. The van der Waals surface area contributed by atoms with Crippen molar-refractivity contribution in [2.24, 2.45) is 5.10 Å². The summed E-state index contributed by atoms with van der Waals surface area (Å²) in [5.41, 5.74) is 4.03. The van der Waals surface area contributed by atoms with Crippen LogP contribution in [0.2, 0.25) is 0 Å². The van der Waals surface area contributed by atoms with Gasteiger partial charge in [-0.3, -0.25) is 10.1 Å². The number of thioether (sulfide) groups is 1. The summed E-state index contributed by atoms with van der Waals surface area (Å²) in [6.45, 7) is 0. The molecule has 0 aliphatic carbocycles. The number of fused-ring (bicyclic) bond motifs is 4. The molecule has 6 rings (SSSR count). The van der Waals surface area contributed by atoms with Crippen molar-refractivity contribution in [3.8, 4) is 11.5 Å². The number of amides is 1. The van der Waals surface area contributed by atoms with Gasteiger partial charge in [-0.15, -0.1) is 0 Å². The van der Waals surface area contributed by atoms with Gasteiger partial charge >= 0.3 is 5.18 Å². The average Bonchev–Trinajstić information content (AvgIpc) is 3.43. The number of carbonyl (C=O) groups excluding carboxylic acids is 1. The van der Waals surface area contributed by atoms with Crippen LogP contribution in [0, 0.1) is 0 Å². The first kappa shape index (κ1) is 19.9. The number of hydrogen-bond acceptors (Lipinski definition) is 6. The fraction of sp³-hybridized carbons (Fsp3) is 0.154. The van der Waals surface area contributed by atoms with Gasteiger partial charge < -0.3 is 9.47 Å². The minimum absolute atomic E-state index is 0.0294. The van der Waals surface area contributed by atoms with Gasteiger partial charge in [0, 0.05) is 12.0 Å². The molecule has 1 N–H and O–H groups in total. The van der Waals surface area contributed by atoms with Crippen LogP contribution in [0.4, 0.5) is 0 Å². The Hall–Kier alpha value is -3.71. The van der Waals surface area contributed by atoms with E-state index >= 15 is 0 Å². The fourth-order valence-electron chi connectivity index (χ4n) is 4.40. The van der Waals surface area contributed by atoms with Gasteiger partial charge in [-0.2, -0.15) is 5.10 Å². The zero-order valence-corrected chi connectivity index (χ0v) is 18.7. The van der Waals surface area contributed by atoms with Crippen LogP contribution in [-0.4, -0.2) is 28.9 Å². The predicted molar refractivity (Wildman–Crippen MR) is 129 cm³/mol. The van der Waals surface area contributed by atoms with E-state index in [9.17, 15) is 4.79 Å². The molecule has 3 aliphatic heterocycles. The SMILES string of the molecule is COc1ccc(/C=C2\S[C@@]3(NC2=O)Oc2ccccc2[C@H]2CC(c4ccccc4)=NN23)cc1. The van der Waals surface area contributed by atoms with Crippen LogP contribution in [0.15, 0.2) is 88.9 Å². The number of methoxy groups -OCH3 is 1. The van der Waals surface area contributed by atoms with Crippen molar-refractivity contribution in [2.75, 3.05) is 7.11 Å². The molecule has 3 aromatic carbocycles. The van der Waals surface area contributed by atoms with E-state index in [1.807, 2.05) is 71.7 Å². The van der Waals surface area contributed by atoms with E-state index in [1.54, 1.807) is 7.11 Å². The second-order valence-electron chi connectivity index (χ2n) is 8.04. The van der Waals surface area contributed by atoms with E-state index in [0.717, 1.165) is 40.3 Å². The molecule has 0 saturated carbocycles. The first-order valence-corrected chi connectivity index (χ1v) is 11.5. The van der Waals surface area contributed by atoms with Crippen molar-refractivity contribution in [3.05, 3.63) is 100 Å². The molecule has 1 saturated heterocycles. The molecule has 1 spiro atoms. The van der Waals surface area contributed by atoms with Crippen LogP contribution in [0.1, 0.15) is 29.2 Å². The number of carbonyl (C=O) groups is 1. The highest BCUT2D eigenvalue weighted by molar-refractivity contribution is 8.05. The van der Waals surface area contributed by atoms with Gasteiger partial charge in [-0.25, -0.2) is 5.01 Å². The van der Waals surface area contributed by atoms with Crippen molar-refractivity contribution in [1.29, 1.82) is 0 Å². The first-order valence-electron chi connectivity index (χ1n) is 10.7. The number of para-hydroxylation sites is 1. The summed E-state index contributed by atoms with van der Waals surface area (Å²) in [5, 5.41) is 8.81. The van der Waals surface area contributed by atoms with E-state index in [2.05, 4.69) is 23.5 Å². The summed E-state index contributed by atoms with van der Waals surface area (Å²) in [6, 6.07) is 25.7. The lowest BCUT2D eigenvalue weighted by molar-refractivity contribution is -0.127. The molecule has 164 valence electrons. The molecule has 1 amide bonds. The van der Waals surface area contributed by atoms with Gasteiger partial charge in [0.2, 0.25) is 0 Å². The van der Waals surface area contributed by atoms with Crippen LogP contribution in [0.25, 0.3) is 6.08 Å². The van der Waals surface area contributed by atoms with Crippen LogP contribution in [0.5, 0.6) is 11.5 Å². The smallest absolute Gasteiger partial charge is 0.336 e. The maximum Gasteiger partial charge on any atom is 0.336 e. The Morgan fingerprint density at radius 1 is 1.09 bits per heavy atom. The Labute approximate surface area is 195 Å². The minimum atomic E-state index is -1.13. The quantitative estimate of drug-likeness (QED) is 0.578. The van der Waals surface area contributed by atoms with Crippen molar-refractivity contribution in [2.45, 2.75) is 17.6 Å². The third-order valence-corrected chi connectivity index (χ3v) is 7.17. The second kappa shape index (κ2) is 7.71. The molecule has 2 atom stereocenters. The van der Waals surface area contributed by atoms with Crippen molar-refractivity contribution in [3.63, 3.8) is 0 Å². The molecule has 7 heteroatoms. The van der Waals surface area contributed by atoms with E-state index in [-0.39, 0.29) is 11.9 Å². The standard InChI is InChI=1S/C26H21N3O3S/c1-31-19-13-11-17(12-14-19)15-24-25(30)27-26(33-24)29-22(20-9-5-6-10-23(20)32-26)16-21(28-29)18-7-3-2-4-8-18/h2-15,22H,16H2,1H3,(H,27,30)/b24-15-/t22-,26-/m1/s1. The molecule has 3 aromatic rings. The zero-order chi connectivity index (χ0) is 22.4. The highest BCUT2D eigenvalue weighted by Gasteiger charge is 2.57. The number of nitrogens with one attached hydrogen (secondary N) is 1. The Morgan fingerprint density at radius 2 is 1.85 bits per heavy atom. The first-order chi connectivity index (χ1) is 16.1. The lowest BCUT2D eigenvalue weighted by Gasteiger charge is -2.43. The number of nitrogens with zero attached hydrogens (tertiary/aromatic N) is 2. The summed E-state index contributed by atoms with van der Waals surface area (Å²) in [4.78, 5) is 13.6. The number of hydrazone groups is 1. The van der Waals surface area contributed by atoms with Gasteiger partial charge in [0.25, 0.3) is 5.91 Å².